The molecule has 0 fully saturated rings. The Hall–Kier alpha value is -2.69. The largest absolute Gasteiger partial charge is 0.494 e. The Kier molecular flexibility index (Phi) is 5.66. The van der Waals surface area contributed by atoms with Crippen LogP contribution in [0.15, 0.2) is 36.4 Å². The van der Waals surface area contributed by atoms with Gasteiger partial charge in [0.05, 0.1) is 19.8 Å². The van der Waals surface area contributed by atoms with Crippen LogP contribution >= 0.6 is 0 Å². The van der Waals surface area contributed by atoms with Crippen molar-refractivity contribution in [2.24, 2.45) is 0 Å². The van der Waals surface area contributed by atoms with Crippen molar-refractivity contribution in [3.8, 4) is 17.2 Å². The number of hydrogen-bond acceptors (Lipinski definition) is 4. The molecule has 0 saturated heterocycles. The molecule has 1 aliphatic rings. The summed E-state index contributed by atoms with van der Waals surface area (Å²) >= 11 is 0. The highest BCUT2D eigenvalue weighted by Gasteiger charge is 2.28. The number of benzene rings is 2. The van der Waals surface area contributed by atoms with Gasteiger partial charge in [0.25, 0.3) is 0 Å². The van der Waals surface area contributed by atoms with Gasteiger partial charge in [0.1, 0.15) is 5.75 Å². The monoisotopic (exact) mass is 355 g/mol. The molecular formula is C21H25NO4. The van der Waals surface area contributed by atoms with Crippen LogP contribution in [0.2, 0.25) is 0 Å². The molecule has 3 rings (SSSR count). The van der Waals surface area contributed by atoms with E-state index in [1.54, 1.807) is 0 Å². The molecular weight excluding hydrogens is 330 g/mol. The standard InChI is InChI=1S/C21H25NO4/c1-4-24-15-9-7-8-14(10-15)16-12-21(23)22-18-13-20(26-6-3)19(25-5-2)11-17(16)18/h7-11,13,16H,4-6,12H2,1-3H3,(H,22,23)/t16-/m0/s1. The zero-order valence-electron chi connectivity index (χ0n) is 15.5. The highest BCUT2D eigenvalue weighted by atomic mass is 16.5. The predicted octanol–water partition coefficient (Wildman–Crippen LogP) is 4.36. The third kappa shape index (κ3) is 3.77. The molecule has 0 aliphatic carbocycles. The van der Waals surface area contributed by atoms with Crippen LogP contribution < -0.4 is 19.5 Å². The lowest BCUT2D eigenvalue weighted by molar-refractivity contribution is -0.116. The van der Waals surface area contributed by atoms with Crippen molar-refractivity contribution >= 4 is 11.6 Å². The van der Waals surface area contributed by atoms with Gasteiger partial charge < -0.3 is 19.5 Å². The number of ether oxygens (including phenoxy) is 3. The predicted molar refractivity (Wildman–Crippen MR) is 101 cm³/mol. The zero-order chi connectivity index (χ0) is 18.5. The van der Waals surface area contributed by atoms with E-state index in [9.17, 15) is 4.79 Å². The van der Waals surface area contributed by atoms with Gasteiger partial charge in [-0.3, -0.25) is 4.79 Å². The first-order valence-electron chi connectivity index (χ1n) is 9.12. The lowest BCUT2D eigenvalue weighted by atomic mass is 9.84. The minimum atomic E-state index is -0.0472. The summed E-state index contributed by atoms with van der Waals surface area (Å²) < 4.78 is 17.1. The SMILES string of the molecule is CCOc1cccc([C@@H]2CC(=O)Nc3cc(OCC)c(OCC)cc32)c1. The van der Waals surface area contributed by atoms with Gasteiger partial charge in [-0.2, -0.15) is 0 Å². The Morgan fingerprint density at radius 1 is 0.962 bits per heavy atom. The fourth-order valence-electron chi connectivity index (χ4n) is 3.29. The maximum Gasteiger partial charge on any atom is 0.225 e. The van der Waals surface area contributed by atoms with E-state index in [1.165, 1.54) is 0 Å². The first-order valence-corrected chi connectivity index (χ1v) is 9.12. The van der Waals surface area contributed by atoms with Gasteiger partial charge in [-0.05, 0) is 50.1 Å². The fraction of sp³-hybridized carbons (Fsp3) is 0.381. The molecule has 138 valence electrons. The number of hydrogen-bond donors (Lipinski definition) is 1. The van der Waals surface area contributed by atoms with Crippen LogP contribution in [0.25, 0.3) is 0 Å². The van der Waals surface area contributed by atoms with Crippen molar-refractivity contribution < 1.29 is 19.0 Å². The Morgan fingerprint density at radius 2 is 1.65 bits per heavy atom. The first kappa shape index (κ1) is 18.1. The summed E-state index contributed by atoms with van der Waals surface area (Å²) in [5.74, 6) is 2.12. The Morgan fingerprint density at radius 3 is 2.35 bits per heavy atom. The topological polar surface area (TPSA) is 56.8 Å². The minimum Gasteiger partial charge on any atom is -0.494 e. The van der Waals surface area contributed by atoms with Gasteiger partial charge in [0, 0.05) is 24.1 Å². The van der Waals surface area contributed by atoms with Crippen LogP contribution in [0.1, 0.15) is 44.2 Å². The van der Waals surface area contributed by atoms with Gasteiger partial charge in [-0.25, -0.2) is 0 Å². The van der Waals surface area contributed by atoms with Crippen molar-refractivity contribution in [3.63, 3.8) is 0 Å². The molecule has 0 bridgehead atoms. The smallest absolute Gasteiger partial charge is 0.225 e. The molecule has 1 heterocycles. The zero-order valence-corrected chi connectivity index (χ0v) is 15.5. The van der Waals surface area contributed by atoms with Crippen LogP contribution in [0.4, 0.5) is 5.69 Å². The van der Waals surface area contributed by atoms with Crippen LogP contribution in [-0.2, 0) is 4.79 Å². The molecule has 2 aromatic carbocycles. The molecule has 26 heavy (non-hydrogen) atoms. The van der Waals surface area contributed by atoms with E-state index in [4.69, 9.17) is 14.2 Å². The molecule has 5 nitrogen and oxygen atoms in total. The van der Waals surface area contributed by atoms with Gasteiger partial charge >= 0.3 is 0 Å². The molecule has 5 heteroatoms. The maximum atomic E-state index is 12.3. The van der Waals surface area contributed by atoms with E-state index in [1.807, 2.05) is 57.2 Å². The number of anilines is 1. The Bertz CT molecular complexity index is 788. The van der Waals surface area contributed by atoms with E-state index in [-0.39, 0.29) is 11.8 Å². The number of fused-ring (bicyclic) bond motifs is 1. The second-order valence-electron chi connectivity index (χ2n) is 6.06. The van der Waals surface area contributed by atoms with Crippen molar-refractivity contribution in [1.29, 1.82) is 0 Å². The molecule has 0 radical (unpaired) electrons. The molecule has 2 aromatic rings. The molecule has 0 aromatic heterocycles. The normalized spacial score (nSPS) is 15.8. The number of carbonyl (C=O) groups excluding carboxylic acids is 1. The molecule has 1 N–H and O–H groups in total. The summed E-state index contributed by atoms with van der Waals surface area (Å²) in [5.41, 5.74) is 2.86. The second kappa shape index (κ2) is 8.13. The van der Waals surface area contributed by atoms with Crippen molar-refractivity contribution in [2.75, 3.05) is 25.1 Å². The molecule has 1 aliphatic heterocycles. The van der Waals surface area contributed by atoms with Crippen LogP contribution in [0, 0.1) is 0 Å². The average molecular weight is 355 g/mol. The number of carbonyl (C=O) groups is 1. The van der Waals surface area contributed by atoms with Crippen molar-refractivity contribution in [2.45, 2.75) is 33.1 Å². The molecule has 1 atom stereocenters. The van der Waals surface area contributed by atoms with Crippen molar-refractivity contribution in [3.05, 3.63) is 47.5 Å². The summed E-state index contributed by atoms with van der Waals surface area (Å²) in [7, 11) is 0. The lowest BCUT2D eigenvalue weighted by Crippen LogP contribution is -2.23. The van der Waals surface area contributed by atoms with Crippen LogP contribution in [-0.4, -0.2) is 25.7 Å². The quantitative estimate of drug-likeness (QED) is 0.802. The minimum absolute atomic E-state index is 0.00378. The van der Waals surface area contributed by atoms with Gasteiger partial charge in [0.2, 0.25) is 5.91 Å². The molecule has 0 spiro atoms. The van der Waals surface area contributed by atoms with E-state index < -0.39 is 0 Å². The van der Waals surface area contributed by atoms with E-state index in [2.05, 4.69) is 5.32 Å². The van der Waals surface area contributed by atoms with Gasteiger partial charge in [0.15, 0.2) is 11.5 Å². The van der Waals surface area contributed by atoms with Crippen LogP contribution in [0.3, 0.4) is 0 Å². The van der Waals surface area contributed by atoms with Gasteiger partial charge in [-0.1, -0.05) is 12.1 Å². The summed E-state index contributed by atoms with van der Waals surface area (Å²) in [5, 5.41) is 2.96. The van der Waals surface area contributed by atoms with E-state index >= 15 is 0 Å². The lowest BCUT2D eigenvalue weighted by Gasteiger charge is -2.28. The van der Waals surface area contributed by atoms with E-state index in [0.29, 0.717) is 37.7 Å². The number of nitrogens with one attached hydrogen (secondary N) is 1. The van der Waals surface area contributed by atoms with Gasteiger partial charge in [-0.15, -0.1) is 0 Å². The molecule has 1 amide bonds. The fourth-order valence-corrected chi connectivity index (χ4v) is 3.29. The Labute approximate surface area is 154 Å². The Balaban J connectivity index is 2.06. The summed E-state index contributed by atoms with van der Waals surface area (Å²) in [6.45, 7) is 7.52. The molecule has 0 unspecified atom stereocenters. The van der Waals surface area contributed by atoms with Crippen molar-refractivity contribution in [1.82, 2.24) is 0 Å². The highest BCUT2D eigenvalue weighted by molar-refractivity contribution is 5.96. The number of rotatable bonds is 7. The summed E-state index contributed by atoms with van der Waals surface area (Å²) in [6, 6.07) is 11.8. The number of amides is 1. The van der Waals surface area contributed by atoms with Crippen LogP contribution in [0.5, 0.6) is 17.2 Å². The van der Waals surface area contributed by atoms with E-state index in [0.717, 1.165) is 22.6 Å². The molecule has 0 saturated carbocycles. The average Bonchev–Trinajstić information content (AvgIpc) is 2.63. The highest BCUT2D eigenvalue weighted by Crippen LogP contribution is 2.43. The third-order valence-electron chi connectivity index (χ3n) is 4.33. The summed E-state index contributed by atoms with van der Waals surface area (Å²) in [6.07, 6.45) is 0.391. The maximum absolute atomic E-state index is 12.3. The summed E-state index contributed by atoms with van der Waals surface area (Å²) in [4.78, 5) is 12.3. The third-order valence-corrected chi connectivity index (χ3v) is 4.33. The second-order valence-corrected chi connectivity index (χ2v) is 6.06. The first-order chi connectivity index (χ1) is 12.7.